The zero-order chi connectivity index (χ0) is 8.72. The predicted molar refractivity (Wildman–Crippen MR) is 61.6 cm³/mol. The van der Waals surface area contributed by atoms with Gasteiger partial charge in [0.2, 0.25) is 0 Å². The highest BCUT2D eigenvalue weighted by molar-refractivity contribution is 9.10. The van der Waals surface area contributed by atoms with Crippen LogP contribution in [0, 0.1) is 0 Å². The van der Waals surface area contributed by atoms with Gasteiger partial charge in [-0.05, 0) is 46.0 Å². The second-order valence-corrected chi connectivity index (χ2v) is 4.27. The molecule has 2 rings (SSSR count). The molecule has 0 spiro atoms. The molecule has 1 aliphatic carbocycles. The van der Waals surface area contributed by atoms with E-state index in [9.17, 15) is 0 Å². The number of hydrogen-bond acceptors (Lipinski definition) is 1. The van der Waals surface area contributed by atoms with Gasteiger partial charge in [-0.3, -0.25) is 0 Å². The van der Waals surface area contributed by atoms with E-state index >= 15 is 0 Å². The molecule has 0 saturated carbocycles. The quantitative estimate of drug-likeness (QED) is 0.775. The standard InChI is InChI=1S/C9H9BrClN.ClH/c10-9-6-2-4-8(12)5(6)1-3-7(9)11;/h1,3,8H,2,4,12H2;1H. The lowest BCUT2D eigenvalue weighted by atomic mass is 10.1. The second-order valence-electron chi connectivity index (χ2n) is 3.07. The van der Waals surface area contributed by atoms with Gasteiger partial charge in [0.25, 0.3) is 0 Å². The van der Waals surface area contributed by atoms with Gasteiger partial charge >= 0.3 is 0 Å². The first kappa shape index (κ1) is 11.3. The van der Waals surface area contributed by atoms with Gasteiger partial charge in [-0.15, -0.1) is 12.4 Å². The molecule has 1 aromatic carbocycles. The first-order valence-corrected chi connectivity index (χ1v) is 5.09. The predicted octanol–water partition coefficient (Wildman–Crippen LogP) is 3.47. The maximum atomic E-state index is 5.95. The van der Waals surface area contributed by atoms with Crippen LogP contribution in [0.2, 0.25) is 5.02 Å². The van der Waals surface area contributed by atoms with Gasteiger partial charge in [-0.1, -0.05) is 17.7 Å². The molecule has 0 saturated heterocycles. The van der Waals surface area contributed by atoms with Crippen LogP contribution in [0.4, 0.5) is 0 Å². The Balaban J connectivity index is 0.000000845. The summed E-state index contributed by atoms with van der Waals surface area (Å²) in [5, 5.41) is 0.780. The van der Waals surface area contributed by atoms with E-state index in [1.165, 1.54) is 11.1 Å². The van der Waals surface area contributed by atoms with E-state index < -0.39 is 0 Å². The Kier molecular flexibility index (Phi) is 3.64. The van der Waals surface area contributed by atoms with E-state index in [0.29, 0.717) is 0 Å². The number of rotatable bonds is 0. The Bertz CT molecular complexity index is 328. The molecule has 0 fully saturated rings. The van der Waals surface area contributed by atoms with Crippen molar-refractivity contribution in [2.75, 3.05) is 0 Å². The molecule has 1 aromatic rings. The van der Waals surface area contributed by atoms with Crippen LogP contribution < -0.4 is 5.73 Å². The van der Waals surface area contributed by atoms with Crippen LogP contribution in [-0.4, -0.2) is 0 Å². The van der Waals surface area contributed by atoms with Crippen LogP contribution in [0.25, 0.3) is 0 Å². The van der Waals surface area contributed by atoms with Crippen molar-refractivity contribution in [3.8, 4) is 0 Å². The van der Waals surface area contributed by atoms with E-state index in [0.717, 1.165) is 22.3 Å². The van der Waals surface area contributed by atoms with E-state index in [1.54, 1.807) is 0 Å². The fourth-order valence-corrected chi connectivity index (χ4v) is 2.40. The smallest absolute Gasteiger partial charge is 0.0551 e. The molecule has 72 valence electrons. The normalized spacial score (nSPS) is 19.5. The highest BCUT2D eigenvalue weighted by Gasteiger charge is 2.21. The molecule has 1 unspecified atom stereocenters. The Hall–Kier alpha value is 0.240. The highest BCUT2D eigenvalue weighted by atomic mass is 79.9. The number of fused-ring (bicyclic) bond motifs is 1. The van der Waals surface area contributed by atoms with E-state index in [1.807, 2.05) is 12.1 Å². The molecule has 1 atom stereocenters. The monoisotopic (exact) mass is 281 g/mol. The van der Waals surface area contributed by atoms with Crippen molar-refractivity contribution in [3.63, 3.8) is 0 Å². The Morgan fingerprint density at radius 2 is 2.15 bits per heavy atom. The minimum Gasteiger partial charge on any atom is -0.324 e. The third-order valence-corrected chi connectivity index (χ3v) is 3.79. The van der Waals surface area contributed by atoms with Gasteiger partial charge in [0, 0.05) is 10.5 Å². The third-order valence-electron chi connectivity index (χ3n) is 2.34. The number of nitrogens with two attached hydrogens (primary N) is 1. The molecular formula is C9H10BrCl2N. The molecule has 0 heterocycles. The topological polar surface area (TPSA) is 26.0 Å². The summed E-state index contributed by atoms with van der Waals surface area (Å²) in [5.74, 6) is 0. The minimum atomic E-state index is 0. The largest absolute Gasteiger partial charge is 0.324 e. The molecule has 0 aliphatic heterocycles. The summed E-state index contributed by atoms with van der Waals surface area (Å²) in [6.07, 6.45) is 2.08. The Labute approximate surface area is 97.2 Å². The van der Waals surface area contributed by atoms with Gasteiger partial charge in [0.05, 0.1) is 5.02 Å². The summed E-state index contributed by atoms with van der Waals surface area (Å²) in [7, 11) is 0. The summed E-state index contributed by atoms with van der Waals surface area (Å²) in [5.41, 5.74) is 8.43. The lowest BCUT2D eigenvalue weighted by Crippen LogP contribution is -2.04. The van der Waals surface area contributed by atoms with Gasteiger partial charge in [0.1, 0.15) is 0 Å². The fourth-order valence-electron chi connectivity index (χ4n) is 1.66. The maximum Gasteiger partial charge on any atom is 0.0551 e. The Morgan fingerprint density at radius 3 is 2.85 bits per heavy atom. The van der Waals surface area contributed by atoms with Gasteiger partial charge in [-0.25, -0.2) is 0 Å². The van der Waals surface area contributed by atoms with Crippen molar-refractivity contribution in [1.82, 2.24) is 0 Å². The molecule has 0 radical (unpaired) electrons. The van der Waals surface area contributed by atoms with E-state index in [2.05, 4.69) is 15.9 Å². The molecule has 13 heavy (non-hydrogen) atoms. The first-order valence-electron chi connectivity index (χ1n) is 3.92. The molecule has 4 heteroatoms. The average Bonchev–Trinajstić information content (AvgIpc) is 2.41. The van der Waals surface area contributed by atoms with Crippen LogP contribution in [0.3, 0.4) is 0 Å². The molecule has 2 N–H and O–H groups in total. The van der Waals surface area contributed by atoms with E-state index in [4.69, 9.17) is 17.3 Å². The fraction of sp³-hybridized carbons (Fsp3) is 0.333. The van der Waals surface area contributed by atoms with Crippen LogP contribution in [-0.2, 0) is 6.42 Å². The van der Waals surface area contributed by atoms with Crippen LogP contribution in [0.15, 0.2) is 16.6 Å². The first-order chi connectivity index (χ1) is 5.70. The van der Waals surface area contributed by atoms with Crippen LogP contribution in [0.1, 0.15) is 23.6 Å². The maximum absolute atomic E-state index is 5.95. The Morgan fingerprint density at radius 1 is 1.46 bits per heavy atom. The summed E-state index contributed by atoms with van der Waals surface area (Å²) < 4.78 is 1.02. The SMILES string of the molecule is Cl.NC1CCc2c1ccc(Cl)c2Br. The molecule has 0 bridgehead atoms. The number of benzene rings is 1. The average molecular weight is 283 g/mol. The molecule has 1 aliphatic rings. The van der Waals surface area contributed by atoms with E-state index in [-0.39, 0.29) is 18.4 Å². The lowest BCUT2D eigenvalue weighted by Gasteiger charge is -2.06. The third kappa shape index (κ3) is 1.86. The van der Waals surface area contributed by atoms with Crippen molar-refractivity contribution < 1.29 is 0 Å². The zero-order valence-electron chi connectivity index (χ0n) is 6.89. The zero-order valence-corrected chi connectivity index (χ0v) is 10.0. The lowest BCUT2D eigenvalue weighted by molar-refractivity contribution is 0.713. The molecule has 0 amide bonds. The van der Waals surface area contributed by atoms with Gasteiger partial charge in [0.15, 0.2) is 0 Å². The molecular weight excluding hydrogens is 273 g/mol. The summed E-state index contributed by atoms with van der Waals surface area (Å²) in [4.78, 5) is 0. The molecule has 0 aromatic heterocycles. The minimum absolute atomic E-state index is 0. The van der Waals surface area contributed by atoms with Crippen molar-refractivity contribution in [2.24, 2.45) is 5.73 Å². The van der Waals surface area contributed by atoms with Crippen molar-refractivity contribution in [2.45, 2.75) is 18.9 Å². The van der Waals surface area contributed by atoms with Crippen molar-refractivity contribution in [3.05, 3.63) is 32.8 Å². The summed E-state index contributed by atoms with van der Waals surface area (Å²) in [6.45, 7) is 0. The van der Waals surface area contributed by atoms with Crippen LogP contribution >= 0.6 is 39.9 Å². The highest BCUT2D eigenvalue weighted by Crippen LogP contribution is 2.37. The van der Waals surface area contributed by atoms with Crippen LogP contribution in [0.5, 0.6) is 0 Å². The van der Waals surface area contributed by atoms with Gasteiger partial charge < -0.3 is 5.73 Å². The van der Waals surface area contributed by atoms with Crippen molar-refractivity contribution in [1.29, 1.82) is 0 Å². The van der Waals surface area contributed by atoms with Gasteiger partial charge in [-0.2, -0.15) is 0 Å². The summed E-state index contributed by atoms with van der Waals surface area (Å²) >= 11 is 9.42. The number of halogens is 3. The second kappa shape index (κ2) is 4.18. The van der Waals surface area contributed by atoms with Crippen molar-refractivity contribution >= 4 is 39.9 Å². The summed E-state index contributed by atoms with van der Waals surface area (Å²) in [6, 6.07) is 4.13. The number of hydrogen-bond donors (Lipinski definition) is 1. The molecule has 1 nitrogen and oxygen atoms in total.